The van der Waals surface area contributed by atoms with E-state index in [9.17, 15) is 18.0 Å². The lowest BCUT2D eigenvalue weighted by atomic mass is 10.2. The molecule has 0 radical (unpaired) electrons. The fourth-order valence-corrected chi connectivity index (χ4v) is 1.51. The minimum Gasteiger partial charge on any atom is -0.444 e. The number of halogens is 4. The lowest BCUT2D eigenvalue weighted by Crippen LogP contribution is -2.35. The number of nitrogens with zero attached hydrogens (tertiary/aromatic N) is 2. The molecule has 0 unspecified atom stereocenters. The molecule has 0 spiro atoms. The monoisotopic (exact) mass is 340 g/mol. The second-order valence-corrected chi connectivity index (χ2v) is 5.60. The lowest BCUT2D eigenvalue weighted by molar-refractivity contribution is -0.141. The summed E-state index contributed by atoms with van der Waals surface area (Å²) in [6, 6.07) is 0.735. The molecule has 6 nitrogen and oxygen atoms in total. The predicted molar refractivity (Wildman–Crippen MR) is 74.8 cm³/mol. The Bertz CT molecular complexity index is 532. The van der Waals surface area contributed by atoms with E-state index >= 15 is 0 Å². The first-order valence-electron chi connectivity index (χ1n) is 6.30. The molecule has 0 saturated heterocycles. The Kier molecular flexibility index (Phi) is 5.81. The first-order chi connectivity index (χ1) is 9.97. The molecule has 124 valence electrons. The maximum Gasteiger partial charge on any atom is 0.433 e. The molecule has 0 saturated carbocycles. The Hall–Kier alpha value is -1.77. The van der Waals surface area contributed by atoms with E-state index in [-0.39, 0.29) is 18.9 Å². The molecule has 10 heteroatoms. The topological polar surface area (TPSA) is 76.1 Å². The molecule has 1 aromatic heterocycles. The summed E-state index contributed by atoms with van der Waals surface area (Å²) in [6.45, 7) is 5.42. The third kappa shape index (κ3) is 6.79. The van der Waals surface area contributed by atoms with E-state index in [2.05, 4.69) is 20.6 Å². The molecular weight excluding hydrogens is 325 g/mol. The van der Waals surface area contributed by atoms with Gasteiger partial charge < -0.3 is 15.4 Å². The summed E-state index contributed by atoms with van der Waals surface area (Å²) in [5, 5.41) is 4.54. The number of anilines is 1. The van der Waals surface area contributed by atoms with Gasteiger partial charge in [-0.05, 0) is 32.4 Å². The fourth-order valence-electron chi connectivity index (χ4n) is 1.32. The van der Waals surface area contributed by atoms with Crippen molar-refractivity contribution in [2.75, 3.05) is 18.4 Å². The highest BCUT2D eigenvalue weighted by molar-refractivity contribution is 6.28. The molecule has 1 aromatic rings. The molecule has 22 heavy (non-hydrogen) atoms. The number of hydrogen-bond acceptors (Lipinski definition) is 5. The molecular formula is C12H16ClF3N4O2. The van der Waals surface area contributed by atoms with Crippen LogP contribution in [0.2, 0.25) is 5.28 Å². The van der Waals surface area contributed by atoms with Gasteiger partial charge in [-0.3, -0.25) is 0 Å². The Morgan fingerprint density at radius 3 is 2.45 bits per heavy atom. The van der Waals surface area contributed by atoms with Crippen LogP contribution in [-0.4, -0.2) is 34.8 Å². The highest BCUT2D eigenvalue weighted by Gasteiger charge is 2.33. The Labute approximate surface area is 130 Å². The second kappa shape index (κ2) is 6.99. The summed E-state index contributed by atoms with van der Waals surface area (Å²) in [4.78, 5) is 18.1. The molecule has 0 atom stereocenters. The number of rotatable bonds is 4. The molecule has 0 bridgehead atoms. The number of alkyl carbamates (subject to hydrolysis) is 1. The smallest absolute Gasteiger partial charge is 0.433 e. The Morgan fingerprint density at radius 1 is 1.27 bits per heavy atom. The Morgan fingerprint density at radius 2 is 1.91 bits per heavy atom. The summed E-state index contributed by atoms with van der Waals surface area (Å²) in [7, 11) is 0. The third-order valence-corrected chi connectivity index (χ3v) is 2.26. The molecule has 1 rings (SSSR count). The standard InChI is InChI=1S/C12H16ClF3N4O2/c1-11(2,3)22-10(21)18-5-4-17-8-6-7(12(14,15)16)19-9(13)20-8/h6H,4-5H2,1-3H3,(H,18,21)(H,17,19,20). The summed E-state index contributed by atoms with van der Waals surface area (Å²) in [5.41, 5.74) is -1.77. The van der Waals surface area contributed by atoms with E-state index in [1.807, 2.05) is 0 Å². The van der Waals surface area contributed by atoms with Crippen LogP contribution in [-0.2, 0) is 10.9 Å². The molecule has 0 aliphatic rings. The number of ether oxygens (including phenoxy) is 1. The van der Waals surface area contributed by atoms with E-state index < -0.39 is 28.8 Å². The summed E-state index contributed by atoms with van der Waals surface area (Å²) >= 11 is 5.44. The average Bonchev–Trinajstić information content (AvgIpc) is 2.30. The summed E-state index contributed by atoms with van der Waals surface area (Å²) < 4.78 is 42.6. The summed E-state index contributed by atoms with van der Waals surface area (Å²) in [5.74, 6) is -0.0849. The highest BCUT2D eigenvalue weighted by Crippen LogP contribution is 2.29. The minimum atomic E-state index is -4.61. The van der Waals surface area contributed by atoms with Crippen LogP contribution in [0, 0.1) is 0 Å². The number of alkyl halides is 3. The fraction of sp³-hybridized carbons (Fsp3) is 0.583. The minimum absolute atomic E-state index is 0.0849. The van der Waals surface area contributed by atoms with E-state index in [4.69, 9.17) is 16.3 Å². The van der Waals surface area contributed by atoms with Crippen LogP contribution in [0.4, 0.5) is 23.8 Å². The van der Waals surface area contributed by atoms with Crippen LogP contribution in [0.3, 0.4) is 0 Å². The van der Waals surface area contributed by atoms with Crippen LogP contribution in [0.1, 0.15) is 26.5 Å². The highest BCUT2D eigenvalue weighted by atomic mass is 35.5. The van der Waals surface area contributed by atoms with Gasteiger partial charge in [-0.1, -0.05) is 0 Å². The number of nitrogens with one attached hydrogen (secondary N) is 2. The van der Waals surface area contributed by atoms with Gasteiger partial charge in [0.15, 0.2) is 5.69 Å². The van der Waals surface area contributed by atoms with Gasteiger partial charge in [0.25, 0.3) is 0 Å². The van der Waals surface area contributed by atoms with Gasteiger partial charge in [-0.25, -0.2) is 14.8 Å². The third-order valence-electron chi connectivity index (χ3n) is 2.09. The quantitative estimate of drug-likeness (QED) is 0.650. The van der Waals surface area contributed by atoms with Gasteiger partial charge in [-0.2, -0.15) is 13.2 Å². The van der Waals surface area contributed by atoms with Crippen molar-refractivity contribution in [3.05, 3.63) is 17.0 Å². The zero-order valence-electron chi connectivity index (χ0n) is 12.2. The molecule has 0 aromatic carbocycles. The van der Waals surface area contributed by atoms with Crippen LogP contribution in [0.25, 0.3) is 0 Å². The van der Waals surface area contributed by atoms with Crippen molar-refractivity contribution >= 4 is 23.5 Å². The summed E-state index contributed by atoms with van der Waals surface area (Å²) in [6.07, 6.45) is -5.23. The van der Waals surface area contributed by atoms with Crippen molar-refractivity contribution in [3.8, 4) is 0 Å². The molecule has 1 amide bonds. The van der Waals surface area contributed by atoms with Crippen LogP contribution in [0.15, 0.2) is 6.07 Å². The molecule has 0 aliphatic heterocycles. The van der Waals surface area contributed by atoms with Crippen molar-refractivity contribution in [3.63, 3.8) is 0 Å². The Balaban J connectivity index is 2.49. The molecule has 2 N–H and O–H groups in total. The zero-order valence-corrected chi connectivity index (χ0v) is 13.0. The van der Waals surface area contributed by atoms with E-state index in [0.29, 0.717) is 0 Å². The van der Waals surface area contributed by atoms with Crippen molar-refractivity contribution < 1.29 is 22.7 Å². The largest absolute Gasteiger partial charge is 0.444 e. The van der Waals surface area contributed by atoms with Crippen molar-refractivity contribution in [2.45, 2.75) is 32.5 Å². The van der Waals surface area contributed by atoms with Crippen molar-refractivity contribution in [1.82, 2.24) is 15.3 Å². The predicted octanol–water partition coefficient (Wildman–Crippen LogP) is 3.09. The number of hydrogen-bond donors (Lipinski definition) is 2. The first kappa shape index (κ1) is 18.3. The second-order valence-electron chi connectivity index (χ2n) is 5.26. The van der Waals surface area contributed by atoms with Gasteiger partial charge in [0, 0.05) is 19.2 Å². The lowest BCUT2D eigenvalue weighted by Gasteiger charge is -2.19. The first-order valence-corrected chi connectivity index (χ1v) is 6.68. The normalized spacial score (nSPS) is 12.0. The average molecular weight is 341 g/mol. The van der Waals surface area contributed by atoms with Gasteiger partial charge >= 0.3 is 12.3 Å². The van der Waals surface area contributed by atoms with Gasteiger partial charge in [0.1, 0.15) is 11.4 Å². The SMILES string of the molecule is CC(C)(C)OC(=O)NCCNc1cc(C(F)(F)F)nc(Cl)n1. The van der Waals surface area contributed by atoms with E-state index in [1.165, 1.54) is 0 Å². The maximum atomic E-state index is 12.5. The van der Waals surface area contributed by atoms with E-state index in [1.54, 1.807) is 20.8 Å². The van der Waals surface area contributed by atoms with Crippen LogP contribution < -0.4 is 10.6 Å². The zero-order chi connectivity index (χ0) is 17.0. The van der Waals surface area contributed by atoms with Crippen molar-refractivity contribution in [1.29, 1.82) is 0 Å². The van der Waals surface area contributed by atoms with Crippen LogP contribution >= 0.6 is 11.6 Å². The number of carbonyl (C=O) groups excluding carboxylic acids is 1. The van der Waals surface area contributed by atoms with Crippen molar-refractivity contribution in [2.24, 2.45) is 0 Å². The van der Waals surface area contributed by atoms with E-state index in [0.717, 1.165) is 6.07 Å². The van der Waals surface area contributed by atoms with Crippen LogP contribution in [0.5, 0.6) is 0 Å². The van der Waals surface area contributed by atoms with Gasteiger partial charge in [-0.15, -0.1) is 0 Å². The molecule has 0 fully saturated rings. The number of carbonyl (C=O) groups is 1. The number of aromatic nitrogens is 2. The molecule has 1 heterocycles. The molecule has 0 aliphatic carbocycles. The maximum absolute atomic E-state index is 12.5. The van der Waals surface area contributed by atoms with Gasteiger partial charge in [0.2, 0.25) is 5.28 Å². The number of amides is 1. The van der Waals surface area contributed by atoms with Gasteiger partial charge in [0.05, 0.1) is 0 Å².